The highest BCUT2D eigenvalue weighted by Gasteiger charge is 2.46. The van der Waals surface area contributed by atoms with Crippen molar-refractivity contribution >= 4 is 6.29 Å². The Morgan fingerprint density at radius 2 is 1.00 bits per heavy atom. The van der Waals surface area contributed by atoms with E-state index in [1.807, 2.05) is 6.92 Å². The lowest BCUT2D eigenvalue weighted by Crippen LogP contribution is -2.45. The highest BCUT2D eigenvalue weighted by molar-refractivity contribution is 5.61. The van der Waals surface area contributed by atoms with Crippen LogP contribution in [0.4, 0.5) is 0 Å². The molecule has 0 saturated heterocycles. The van der Waals surface area contributed by atoms with Gasteiger partial charge in [-0.05, 0) is 10.8 Å². The van der Waals surface area contributed by atoms with Crippen molar-refractivity contribution in [2.45, 2.75) is 48.5 Å². The second-order valence-corrected chi connectivity index (χ2v) is 5.82. The van der Waals surface area contributed by atoms with Gasteiger partial charge >= 0.3 is 0 Å². The van der Waals surface area contributed by atoms with Gasteiger partial charge in [-0.3, -0.25) is 0 Å². The Morgan fingerprint density at radius 3 is 1.00 bits per heavy atom. The van der Waals surface area contributed by atoms with Crippen LogP contribution in [-0.4, -0.2) is 6.29 Å². The van der Waals surface area contributed by atoms with Crippen molar-refractivity contribution in [1.82, 2.24) is 0 Å². The minimum atomic E-state index is -0.264. The molecule has 0 fully saturated rings. The standard InChI is InChI=1S/C11H22O/c1-9(2,3)11(7,8-12)10(4,5)6/h8H,1-7H3. The normalized spacial score (nSPS) is 14.6. The van der Waals surface area contributed by atoms with E-state index >= 15 is 0 Å². The smallest absolute Gasteiger partial charge is 0.126 e. The predicted octanol–water partition coefficient (Wildman–Crippen LogP) is 3.28. The molecule has 0 N–H and O–H groups in total. The minimum Gasteiger partial charge on any atom is -0.303 e. The van der Waals surface area contributed by atoms with Crippen molar-refractivity contribution in [3.8, 4) is 0 Å². The van der Waals surface area contributed by atoms with Crippen LogP contribution in [0.2, 0.25) is 0 Å². The summed E-state index contributed by atoms with van der Waals surface area (Å²) >= 11 is 0. The Labute approximate surface area is 76.6 Å². The Bertz CT molecular complexity index is 152. The topological polar surface area (TPSA) is 17.1 Å². The van der Waals surface area contributed by atoms with Gasteiger partial charge in [-0.1, -0.05) is 48.5 Å². The molecule has 12 heavy (non-hydrogen) atoms. The van der Waals surface area contributed by atoms with Crippen LogP contribution in [0.15, 0.2) is 0 Å². The number of hydrogen-bond acceptors (Lipinski definition) is 1. The molecule has 0 aliphatic heterocycles. The Hall–Kier alpha value is -0.330. The summed E-state index contributed by atoms with van der Waals surface area (Å²) in [6.07, 6.45) is 1.10. The average molecular weight is 170 g/mol. The van der Waals surface area contributed by atoms with Gasteiger partial charge in [0.15, 0.2) is 0 Å². The molecule has 0 spiro atoms. The third-order valence-electron chi connectivity index (χ3n) is 3.35. The van der Waals surface area contributed by atoms with Crippen molar-refractivity contribution in [2.75, 3.05) is 0 Å². The molecule has 0 bridgehead atoms. The maximum absolute atomic E-state index is 11.1. The number of carbonyl (C=O) groups excluding carboxylic acids is 1. The summed E-state index contributed by atoms with van der Waals surface area (Å²) in [7, 11) is 0. The van der Waals surface area contributed by atoms with E-state index in [0.29, 0.717) is 0 Å². The van der Waals surface area contributed by atoms with E-state index in [2.05, 4.69) is 41.5 Å². The van der Waals surface area contributed by atoms with Crippen LogP contribution in [0.1, 0.15) is 48.5 Å². The fourth-order valence-corrected chi connectivity index (χ4v) is 1.48. The Morgan fingerprint density at radius 1 is 0.750 bits per heavy atom. The van der Waals surface area contributed by atoms with Gasteiger partial charge in [-0.2, -0.15) is 0 Å². The zero-order valence-corrected chi connectivity index (χ0v) is 9.49. The van der Waals surface area contributed by atoms with E-state index in [4.69, 9.17) is 0 Å². The first kappa shape index (κ1) is 11.7. The lowest BCUT2D eigenvalue weighted by molar-refractivity contribution is -0.129. The maximum Gasteiger partial charge on any atom is 0.126 e. The van der Waals surface area contributed by atoms with Crippen LogP contribution in [-0.2, 0) is 4.79 Å². The largest absolute Gasteiger partial charge is 0.303 e. The van der Waals surface area contributed by atoms with Crippen molar-refractivity contribution in [2.24, 2.45) is 16.2 Å². The van der Waals surface area contributed by atoms with Crippen LogP contribution in [0.5, 0.6) is 0 Å². The molecule has 0 saturated carbocycles. The molecule has 0 heterocycles. The highest BCUT2D eigenvalue weighted by Crippen LogP contribution is 2.49. The summed E-state index contributed by atoms with van der Waals surface area (Å²) in [6, 6.07) is 0. The number of rotatable bonds is 1. The molecule has 0 aromatic heterocycles. The third-order valence-corrected chi connectivity index (χ3v) is 3.35. The SMILES string of the molecule is CC(C)(C)C(C)(C=O)C(C)(C)C. The van der Waals surface area contributed by atoms with Crippen molar-refractivity contribution < 1.29 is 4.79 Å². The average Bonchev–Trinajstić information content (AvgIpc) is 1.81. The number of hydrogen-bond donors (Lipinski definition) is 0. The van der Waals surface area contributed by atoms with Crippen LogP contribution in [0.25, 0.3) is 0 Å². The fraction of sp³-hybridized carbons (Fsp3) is 0.909. The summed E-state index contributed by atoms with van der Waals surface area (Å²) in [4.78, 5) is 11.1. The van der Waals surface area contributed by atoms with Crippen LogP contribution < -0.4 is 0 Å². The molecular weight excluding hydrogens is 148 g/mol. The molecule has 0 rings (SSSR count). The van der Waals surface area contributed by atoms with Crippen LogP contribution >= 0.6 is 0 Å². The van der Waals surface area contributed by atoms with Crippen molar-refractivity contribution in [3.63, 3.8) is 0 Å². The quantitative estimate of drug-likeness (QED) is 0.552. The van der Waals surface area contributed by atoms with Gasteiger partial charge in [0.25, 0.3) is 0 Å². The van der Waals surface area contributed by atoms with Gasteiger partial charge in [-0.25, -0.2) is 0 Å². The summed E-state index contributed by atoms with van der Waals surface area (Å²) in [6.45, 7) is 14.7. The van der Waals surface area contributed by atoms with E-state index in [-0.39, 0.29) is 16.2 Å². The molecule has 0 aliphatic rings. The summed E-state index contributed by atoms with van der Waals surface area (Å²) in [5.41, 5.74) is -0.222. The molecule has 0 aliphatic carbocycles. The molecule has 1 nitrogen and oxygen atoms in total. The second-order valence-electron chi connectivity index (χ2n) is 5.82. The number of carbonyl (C=O) groups is 1. The number of aldehydes is 1. The predicted molar refractivity (Wildman–Crippen MR) is 53.1 cm³/mol. The van der Waals surface area contributed by atoms with Gasteiger partial charge in [0.1, 0.15) is 6.29 Å². The van der Waals surface area contributed by atoms with Gasteiger partial charge in [0.2, 0.25) is 0 Å². The molecule has 0 aromatic rings. The van der Waals surface area contributed by atoms with Crippen LogP contribution in [0.3, 0.4) is 0 Å². The first-order chi connectivity index (χ1) is 5.06. The van der Waals surface area contributed by atoms with Gasteiger partial charge in [-0.15, -0.1) is 0 Å². The molecule has 0 aromatic carbocycles. The Kier molecular flexibility index (Phi) is 2.78. The molecule has 1 heteroatoms. The second kappa shape index (κ2) is 2.86. The van der Waals surface area contributed by atoms with Crippen molar-refractivity contribution in [1.29, 1.82) is 0 Å². The Balaban J connectivity index is 5.09. The van der Waals surface area contributed by atoms with E-state index in [1.165, 1.54) is 0 Å². The molecule has 0 amide bonds. The molecular formula is C11H22O. The van der Waals surface area contributed by atoms with E-state index in [1.54, 1.807) is 0 Å². The molecule has 0 radical (unpaired) electrons. The first-order valence-corrected chi connectivity index (χ1v) is 4.52. The maximum atomic E-state index is 11.1. The zero-order valence-electron chi connectivity index (χ0n) is 9.49. The molecule has 0 unspecified atom stereocenters. The lowest BCUT2D eigenvalue weighted by atomic mass is 9.56. The molecule has 0 atom stereocenters. The van der Waals surface area contributed by atoms with Gasteiger partial charge in [0, 0.05) is 5.41 Å². The monoisotopic (exact) mass is 170 g/mol. The van der Waals surface area contributed by atoms with Crippen LogP contribution in [0, 0.1) is 16.2 Å². The lowest BCUT2D eigenvalue weighted by Gasteiger charge is -2.47. The molecule has 72 valence electrons. The zero-order chi connectivity index (χ0) is 10.2. The fourth-order valence-electron chi connectivity index (χ4n) is 1.48. The van der Waals surface area contributed by atoms with Gasteiger partial charge in [0.05, 0.1) is 0 Å². The third kappa shape index (κ3) is 1.70. The van der Waals surface area contributed by atoms with Crippen molar-refractivity contribution in [3.05, 3.63) is 0 Å². The first-order valence-electron chi connectivity index (χ1n) is 4.52. The minimum absolute atomic E-state index is 0.0208. The van der Waals surface area contributed by atoms with E-state index in [9.17, 15) is 4.79 Å². The summed E-state index contributed by atoms with van der Waals surface area (Å²) in [5, 5.41) is 0. The highest BCUT2D eigenvalue weighted by atomic mass is 16.1. The summed E-state index contributed by atoms with van der Waals surface area (Å²) in [5.74, 6) is 0. The summed E-state index contributed by atoms with van der Waals surface area (Å²) < 4.78 is 0. The van der Waals surface area contributed by atoms with Gasteiger partial charge < -0.3 is 4.79 Å². The van der Waals surface area contributed by atoms with E-state index in [0.717, 1.165) is 6.29 Å². The van der Waals surface area contributed by atoms with E-state index < -0.39 is 0 Å².